The monoisotopic (exact) mass is 366 g/mol. The highest BCUT2D eigenvalue weighted by atomic mass is 16.6. The lowest BCUT2D eigenvalue weighted by Crippen LogP contribution is -2.50. The second kappa shape index (κ2) is 7.31. The van der Waals surface area contributed by atoms with Gasteiger partial charge in [-0.15, -0.1) is 0 Å². The third kappa shape index (κ3) is 3.47. The minimum Gasteiger partial charge on any atom is -0.486 e. The molecule has 0 radical (unpaired) electrons. The molecule has 27 heavy (non-hydrogen) atoms. The molecule has 1 fully saturated rings. The van der Waals surface area contributed by atoms with Gasteiger partial charge in [-0.1, -0.05) is 18.2 Å². The summed E-state index contributed by atoms with van der Waals surface area (Å²) in [4.78, 5) is 29.1. The first-order chi connectivity index (χ1) is 13.1. The highest BCUT2D eigenvalue weighted by molar-refractivity contribution is 5.97. The normalized spacial score (nSPS) is 16.2. The number of nitrogens with zero attached hydrogens (tertiary/aromatic N) is 2. The minimum atomic E-state index is -0.0463. The second-order valence-electron chi connectivity index (χ2n) is 6.76. The maximum absolute atomic E-state index is 12.8. The second-order valence-corrected chi connectivity index (χ2v) is 6.76. The Morgan fingerprint density at radius 2 is 1.44 bits per heavy atom. The van der Waals surface area contributed by atoms with Crippen molar-refractivity contribution in [3.63, 3.8) is 0 Å². The molecule has 2 aromatic rings. The number of aryl methyl sites for hydroxylation is 1. The third-order valence-electron chi connectivity index (χ3n) is 5.02. The number of hydrogen-bond acceptors (Lipinski definition) is 4. The van der Waals surface area contributed by atoms with Crippen LogP contribution in [0.4, 0.5) is 0 Å². The van der Waals surface area contributed by atoms with Crippen LogP contribution in [-0.4, -0.2) is 61.0 Å². The van der Waals surface area contributed by atoms with Crippen molar-refractivity contribution in [2.75, 3.05) is 39.4 Å². The molecule has 0 saturated carbocycles. The molecule has 0 aromatic heterocycles. The Morgan fingerprint density at radius 3 is 2.15 bits per heavy atom. The number of piperazine rings is 1. The first-order valence-electron chi connectivity index (χ1n) is 9.17. The molecule has 2 aromatic carbocycles. The van der Waals surface area contributed by atoms with Gasteiger partial charge in [0.25, 0.3) is 11.8 Å². The Labute approximate surface area is 158 Å². The third-order valence-corrected chi connectivity index (χ3v) is 5.02. The number of benzene rings is 2. The zero-order chi connectivity index (χ0) is 18.8. The quantitative estimate of drug-likeness (QED) is 0.819. The number of fused-ring (bicyclic) bond motifs is 1. The maximum Gasteiger partial charge on any atom is 0.254 e. The molecule has 2 heterocycles. The fourth-order valence-corrected chi connectivity index (χ4v) is 3.45. The lowest BCUT2D eigenvalue weighted by atomic mass is 10.1. The molecule has 2 aliphatic rings. The van der Waals surface area contributed by atoms with Crippen molar-refractivity contribution in [3.8, 4) is 11.5 Å². The summed E-state index contributed by atoms with van der Waals surface area (Å²) in [7, 11) is 0. The molecule has 0 N–H and O–H groups in total. The molecular formula is C21H22N2O4. The van der Waals surface area contributed by atoms with Gasteiger partial charge in [-0.05, 0) is 36.8 Å². The van der Waals surface area contributed by atoms with Gasteiger partial charge in [0.1, 0.15) is 13.2 Å². The first-order valence-corrected chi connectivity index (χ1v) is 9.17. The number of amides is 2. The van der Waals surface area contributed by atoms with Crippen LogP contribution in [-0.2, 0) is 0 Å². The first kappa shape index (κ1) is 17.4. The summed E-state index contributed by atoms with van der Waals surface area (Å²) in [6.45, 7) is 5.05. The highest BCUT2D eigenvalue weighted by Gasteiger charge is 2.26. The van der Waals surface area contributed by atoms with Crippen LogP contribution in [0.1, 0.15) is 26.3 Å². The number of hydrogen-bond donors (Lipinski definition) is 0. The average Bonchev–Trinajstić information content (AvgIpc) is 2.73. The van der Waals surface area contributed by atoms with Crippen LogP contribution >= 0.6 is 0 Å². The van der Waals surface area contributed by atoms with Crippen molar-refractivity contribution in [2.24, 2.45) is 0 Å². The SMILES string of the molecule is Cc1ccccc1C(=O)N1CCN(C(=O)c2ccc3c(c2)OCCO3)CC1. The van der Waals surface area contributed by atoms with Crippen LogP contribution in [0.3, 0.4) is 0 Å². The van der Waals surface area contributed by atoms with Crippen LogP contribution in [0.15, 0.2) is 42.5 Å². The molecule has 4 rings (SSSR count). The van der Waals surface area contributed by atoms with Gasteiger partial charge >= 0.3 is 0 Å². The molecule has 1 saturated heterocycles. The van der Waals surface area contributed by atoms with E-state index in [0.717, 1.165) is 11.1 Å². The van der Waals surface area contributed by atoms with Crippen LogP contribution in [0.25, 0.3) is 0 Å². The summed E-state index contributed by atoms with van der Waals surface area (Å²) in [5.41, 5.74) is 2.28. The Morgan fingerprint density at radius 1 is 0.815 bits per heavy atom. The maximum atomic E-state index is 12.8. The molecular weight excluding hydrogens is 344 g/mol. The van der Waals surface area contributed by atoms with Crippen LogP contribution in [0.2, 0.25) is 0 Å². The Kier molecular flexibility index (Phi) is 4.71. The van der Waals surface area contributed by atoms with Gasteiger partial charge in [-0.2, -0.15) is 0 Å². The van der Waals surface area contributed by atoms with E-state index in [9.17, 15) is 9.59 Å². The van der Waals surface area contributed by atoms with Gasteiger partial charge in [0.2, 0.25) is 0 Å². The lowest BCUT2D eigenvalue weighted by Gasteiger charge is -2.35. The van der Waals surface area contributed by atoms with Gasteiger partial charge in [0, 0.05) is 37.3 Å². The van der Waals surface area contributed by atoms with E-state index in [4.69, 9.17) is 9.47 Å². The Bertz CT molecular complexity index is 872. The van der Waals surface area contributed by atoms with Crippen molar-refractivity contribution in [3.05, 3.63) is 59.2 Å². The van der Waals surface area contributed by atoms with Crippen molar-refractivity contribution in [1.29, 1.82) is 0 Å². The lowest BCUT2D eigenvalue weighted by molar-refractivity contribution is 0.0534. The number of carbonyl (C=O) groups excluding carboxylic acids is 2. The van der Waals surface area contributed by atoms with E-state index >= 15 is 0 Å². The van der Waals surface area contributed by atoms with E-state index in [1.54, 1.807) is 23.1 Å². The molecule has 140 valence electrons. The van der Waals surface area contributed by atoms with Gasteiger partial charge in [0.05, 0.1) is 0 Å². The van der Waals surface area contributed by atoms with E-state index < -0.39 is 0 Å². The Balaban J connectivity index is 1.41. The van der Waals surface area contributed by atoms with Gasteiger partial charge in [0.15, 0.2) is 11.5 Å². The fourth-order valence-electron chi connectivity index (χ4n) is 3.45. The van der Waals surface area contributed by atoms with Gasteiger partial charge in [-0.3, -0.25) is 9.59 Å². The standard InChI is InChI=1S/C21H22N2O4/c1-15-4-2-3-5-17(15)21(25)23-10-8-22(9-11-23)20(24)16-6-7-18-19(14-16)27-13-12-26-18/h2-7,14H,8-13H2,1H3. The zero-order valence-electron chi connectivity index (χ0n) is 15.3. The molecule has 0 atom stereocenters. The molecule has 0 unspecified atom stereocenters. The number of rotatable bonds is 2. The largest absolute Gasteiger partial charge is 0.486 e. The molecule has 0 bridgehead atoms. The van der Waals surface area contributed by atoms with E-state index in [2.05, 4.69) is 0 Å². The van der Waals surface area contributed by atoms with E-state index in [0.29, 0.717) is 56.5 Å². The van der Waals surface area contributed by atoms with Crippen molar-refractivity contribution in [2.45, 2.75) is 6.92 Å². The Hall–Kier alpha value is -3.02. The smallest absolute Gasteiger partial charge is 0.254 e. The molecule has 6 heteroatoms. The minimum absolute atomic E-state index is 0.0273. The van der Waals surface area contributed by atoms with Crippen LogP contribution in [0, 0.1) is 6.92 Å². The molecule has 0 spiro atoms. The summed E-state index contributed by atoms with van der Waals surface area (Å²) in [6, 6.07) is 12.9. The van der Waals surface area contributed by atoms with Crippen molar-refractivity contribution in [1.82, 2.24) is 9.80 Å². The van der Waals surface area contributed by atoms with Crippen molar-refractivity contribution < 1.29 is 19.1 Å². The van der Waals surface area contributed by atoms with E-state index in [1.807, 2.05) is 36.1 Å². The predicted molar refractivity (Wildman–Crippen MR) is 100 cm³/mol. The summed E-state index contributed by atoms with van der Waals surface area (Å²) < 4.78 is 11.1. The molecule has 2 aliphatic heterocycles. The summed E-state index contributed by atoms with van der Waals surface area (Å²) >= 11 is 0. The van der Waals surface area contributed by atoms with Gasteiger partial charge < -0.3 is 19.3 Å². The topological polar surface area (TPSA) is 59.1 Å². The molecule has 0 aliphatic carbocycles. The van der Waals surface area contributed by atoms with E-state index in [1.165, 1.54) is 0 Å². The fraction of sp³-hybridized carbons (Fsp3) is 0.333. The van der Waals surface area contributed by atoms with Crippen LogP contribution < -0.4 is 9.47 Å². The highest BCUT2D eigenvalue weighted by Crippen LogP contribution is 2.31. The predicted octanol–water partition coefficient (Wildman–Crippen LogP) is 2.36. The average molecular weight is 366 g/mol. The zero-order valence-corrected chi connectivity index (χ0v) is 15.3. The summed E-state index contributed by atoms with van der Waals surface area (Å²) in [6.07, 6.45) is 0. The molecule has 2 amide bonds. The van der Waals surface area contributed by atoms with Crippen LogP contribution in [0.5, 0.6) is 11.5 Å². The number of carbonyl (C=O) groups is 2. The summed E-state index contributed by atoms with van der Waals surface area (Å²) in [5, 5.41) is 0. The summed E-state index contributed by atoms with van der Waals surface area (Å²) in [5.74, 6) is 1.27. The van der Waals surface area contributed by atoms with E-state index in [-0.39, 0.29) is 11.8 Å². The van der Waals surface area contributed by atoms with Crippen molar-refractivity contribution >= 4 is 11.8 Å². The molecule has 6 nitrogen and oxygen atoms in total. The van der Waals surface area contributed by atoms with Gasteiger partial charge in [-0.25, -0.2) is 0 Å². The number of ether oxygens (including phenoxy) is 2.